The first-order valence-corrected chi connectivity index (χ1v) is 14.0. The van der Waals surface area contributed by atoms with E-state index >= 15 is 0 Å². The third kappa shape index (κ3) is 9.33. The molecule has 4 rings (SSSR count). The van der Waals surface area contributed by atoms with E-state index in [4.69, 9.17) is 14.2 Å². The highest BCUT2D eigenvalue weighted by atomic mass is 19.4. The van der Waals surface area contributed by atoms with Crippen molar-refractivity contribution in [2.24, 2.45) is 0 Å². The van der Waals surface area contributed by atoms with Gasteiger partial charge in [0.25, 0.3) is 5.91 Å². The predicted molar refractivity (Wildman–Crippen MR) is 164 cm³/mol. The number of aliphatic carboxylic acids is 1. The van der Waals surface area contributed by atoms with Crippen LogP contribution in [-0.2, 0) is 28.7 Å². The van der Waals surface area contributed by atoms with Crippen LogP contribution < -0.4 is 19.5 Å². The van der Waals surface area contributed by atoms with Crippen LogP contribution in [0.5, 0.6) is 17.2 Å². The number of rotatable bonds is 12. The van der Waals surface area contributed by atoms with Gasteiger partial charge in [-0.05, 0) is 77.9 Å². The zero-order valence-corrected chi connectivity index (χ0v) is 25.2. The summed E-state index contributed by atoms with van der Waals surface area (Å²) in [5.41, 5.74) is -0.0584. The van der Waals surface area contributed by atoms with Crippen LogP contribution in [0.3, 0.4) is 0 Å². The minimum Gasteiger partial charge on any atom is -0.497 e. The molecular formula is C34H29F3N2O8. The zero-order chi connectivity index (χ0) is 34.1. The van der Waals surface area contributed by atoms with Crippen LogP contribution in [0, 0.1) is 0 Å². The Morgan fingerprint density at radius 3 is 2.04 bits per heavy atom. The van der Waals surface area contributed by atoms with Crippen molar-refractivity contribution < 1.29 is 51.7 Å². The lowest BCUT2D eigenvalue weighted by Crippen LogP contribution is -2.35. The molecule has 0 aliphatic heterocycles. The van der Waals surface area contributed by atoms with E-state index in [1.165, 1.54) is 68.8 Å². The number of ether oxygens (including phenoxy) is 3. The first kappa shape index (κ1) is 34.0. The third-order valence-electron chi connectivity index (χ3n) is 6.82. The largest absolute Gasteiger partial charge is 0.497 e. The molecule has 2 N–H and O–H groups in total. The number of amides is 2. The summed E-state index contributed by atoms with van der Waals surface area (Å²) >= 11 is 0. The average molecular weight is 651 g/mol. The number of carboxylic acids is 1. The van der Waals surface area contributed by atoms with Crippen LogP contribution in [0.15, 0.2) is 91.0 Å². The fraction of sp³-hybridized carbons (Fsp3) is 0.176. The normalized spacial score (nSPS) is 10.9. The predicted octanol–water partition coefficient (Wildman–Crippen LogP) is 5.85. The number of alkyl halides is 3. The van der Waals surface area contributed by atoms with Crippen molar-refractivity contribution in [3.8, 4) is 17.2 Å². The molecule has 0 radical (unpaired) electrons. The maximum absolute atomic E-state index is 13.5. The highest BCUT2D eigenvalue weighted by molar-refractivity contribution is 5.97. The van der Waals surface area contributed by atoms with Gasteiger partial charge in [-0.1, -0.05) is 24.3 Å². The highest BCUT2D eigenvalue weighted by Gasteiger charge is 2.34. The van der Waals surface area contributed by atoms with Gasteiger partial charge < -0.3 is 29.5 Å². The van der Waals surface area contributed by atoms with Crippen LogP contribution in [-0.4, -0.2) is 54.5 Å². The molecule has 2 amide bonds. The van der Waals surface area contributed by atoms with Crippen LogP contribution in [0.2, 0.25) is 0 Å². The first-order chi connectivity index (χ1) is 22.4. The summed E-state index contributed by atoms with van der Waals surface area (Å²) in [6.07, 6.45) is -5.26. The Hall–Kier alpha value is -5.85. The SMILES string of the molecule is COc1cccc(C(=O)Oc2ccc(CN(CC(=O)O)C(=O)c3ccc(NC(=O)Cc4ccc(OC)cc4C(F)(F)F)cc3)cc2)c1. The fourth-order valence-corrected chi connectivity index (χ4v) is 4.52. The molecule has 0 heterocycles. The summed E-state index contributed by atoms with van der Waals surface area (Å²) in [5.74, 6) is -2.46. The standard InChI is InChI=1S/C34H29F3N2O8/c1-45-27-5-3-4-24(16-27)33(44)47-26-13-6-21(7-14-26)19-39(20-31(41)42)32(43)22-8-11-25(12-9-22)38-30(40)17-23-10-15-28(46-2)18-29(23)34(35,36)37/h3-16,18H,17,19-20H2,1-2H3,(H,38,40)(H,41,42). The third-order valence-corrected chi connectivity index (χ3v) is 6.82. The van der Waals surface area contributed by atoms with Gasteiger partial charge in [-0.25, -0.2) is 4.79 Å². The molecule has 244 valence electrons. The van der Waals surface area contributed by atoms with Gasteiger partial charge in [-0.15, -0.1) is 0 Å². The quantitative estimate of drug-likeness (QED) is 0.144. The number of nitrogens with one attached hydrogen (secondary N) is 1. The first-order valence-electron chi connectivity index (χ1n) is 14.0. The highest BCUT2D eigenvalue weighted by Crippen LogP contribution is 2.35. The fourth-order valence-electron chi connectivity index (χ4n) is 4.52. The number of esters is 1. The van der Waals surface area contributed by atoms with E-state index in [-0.39, 0.29) is 40.4 Å². The Balaban J connectivity index is 1.40. The van der Waals surface area contributed by atoms with E-state index in [0.717, 1.165) is 11.0 Å². The van der Waals surface area contributed by atoms with Crippen LogP contribution in [0.25, 0.3) is 0 Å². The molecule has 10 nitrogen and oxygen atoms in total. The molecule has 0 aromatic heterocycles. The Labute approximate surface area is 267 Å². The van der Waals surface area contributed by atoms with Crippen molar-refractivity contribution in [3.05, 3.63) is 119 Å². The molecule has 0 atom stereocenters. The summed E-state index contributed by atoms with van der Waals surface area (Å²) in [6.45, 7) is -0.704. The molecule has 0 spiro atoms. The number of methoxy groups -OCH3 is 2. The lowest BCUT2D eigenvalue weighted by Gasteiger charge is -2.21. The molecule has 47 heavy (non-hydrogen) atoms. The minimum atomic E-state index is -4.69. The molecule has 0 aliphatic carbocycles. The van der Waals surface area contributed by atoms with Crippen molar-refractivity contribution in [1.29, 1.82) is 0 Å². The van der Waals surface area contributed by atoms with Gasteiger partial charge in [-0.2, -0.15) is 13.2 Å². The number of halogens is 3. The summed E-state index contributed by atoms with van der Waals surface area (Å²) in [4.78, 5) is 50.9. The smallest absolute Gasteiger partial charge is 0.416 e. The van der Waals surface area contributed by atoms with Crippen molar-refractivity contribution >= 4 is 29.4 Å². The molecule has 0 saturated heterocycles. The number of hydrogen-bond donors (Lipinski definition) is 2. The number of carbonyl (C=O) groups is 4. The minimum absolute atomic E-state index is 0.00158. The van der Waals surface area contributed by atoms with Crippen molar-refractivity contribution in [2.75, 3.05) is 26.1 Å². The Morgan fingerprint density at radius 1 is 0.787 bits per heavy atom. The van der Waals surface area contributed by atoms with Gasteiger partial charge in [0.2, 0.25) is 5.91 Å². The van der Waals surface area contributed by atoms with Crippen LogP contribution >= 0.6 is 0 Å². The molecule has 0 fully saturated rings. The second kappa shape index (κ2) is 15.0. The number of carbonyl (C=O) groups excluding carboxylic acids is 3. The number of benzene rings is 4. The van der Waals surface area contributed by atoms with E-state index < -0.39 is 48.5 Å². The Bertz CT molecular complexity index is 1760. The molecule has 0 bridgehead atoms. The molecule has 0 saturated carbocycles. The molecule has 4 aromatic rings. The maximum atomic E-state index is 13.5. The van der Waals surface area contributed by atoms with E-state index in [1.807, 2.05) is 0 Å². The maximum Gasteiger partial charge on any atom is 0.416 e. The number of carboxylic acid groups (broad SMARTS) is 1. The van der Waals surface area contributed by atoms with Gasteiger partial charge in [0.1, 0.15) is 23.8 Å². The number of nitrogens with zero attached hydrogens (tertiary/aromatic N) is 1. The van der Waals surface area contributed by atoms with Crippen LogP contribution in [0.1, 0.15) is 37.4 Å². The van der Waals surface area contributed by atoms with E-state index in [0.29, 0.717) is 11.3 Å². The second-order valence-corrected chi connectivity index (χ2v) is 10.1. The van der Waals surface area contributed by atoms with Crippen molar-refractivity contribution in [2.45, 2.75) is 19.1 Å². The summed E-state index contributed by atoms with van der Waals surface area (Å²) in [6, 6.07) is 21.4. The Morgan fingerprint density at radius 2 is 1.43 bits per heavy atom. The lowest BCUT2D eigenvalue weighted by molar-refractivity contribution is -0.139. The van der Waals surface area contributed by atoms with Gasteiger partial charge in [-0.3, -0.25) is 14.4 Å². The van der Waals surface area contributed by atoms with Gasteiger partial charge >= 0.3 is 18.1 Å². The van der Waals surface area contributed by atoms with Gasteiger partial charge in [0.15, 0.2) is 0 Å². The number of anilines is 1. The monoisotopic (exact) mass is 650 g/mol. The molecule has 4 aromatic carbocycles. The van der Waals surface area contributed by atoms with Crippen molar-refractivity contribution in [1.82, 2.24) is 4.90 Å². The molecule has 0 aliphatic rings. The average Bonchev–Trinajstić information content (AvgIpc) is 3.04. The molecule has 13 heteroatoms. The lowest BCUT2D eigenvalue weighted by atomic mass is 10.0. The zero-order valence-electron chi connectivity index (χ0n) is 25.2. The van der Waals surface area contributed by atoms with Gasteiger partial charge in [0.05, 0.1) is 31.8 Å². The Kier molecular flexibility index (Phi) is 10.8. The van der Waals surface area contributed by atoms with Gasteiger partial charge in [0, 0.05) is 17.8 Å². The van der Waals surface area contributed by atoms with E-state index in [2.05, 4.69) is 5.32 Å². The summed E-state index contributed by atoms with van der Waals surface area (Å²) in [5, 5.41) is 11.9. The van der Waals surface area contributed by atoms with Crippen molar-refractivity contribution in [3.63, 3.8) is 0 Å². The van der Waals surface area contributed by atoms with E-state index in [9.17, 15) is 37.5 Å². The second-order valence-electron chi connectivity index (χ2n) is 10.1. The molecule has 0 unspecified atom stereocenters. The molecular weight excluding hydrogens is 621 g/mol. The summed E-state index contributed by atoms with van der Waals surface area (Å²) in [7, 11) is 2.71. The van der Waals surface area contributed by atoms with Crippen LogP contribution in [0.4, 0.5) is 18.9 Å². The van der Waals surface area contributed by atoms with E-state index in [1.54, 1.807) is 30.3 Å². The number of hydrogen-bond acceptors (Lipinski definition) is 7. The summed E-state index contributed by atoms with van der Waals surface area (Å²) < 4.78 is 55.9. The topological polar surface area (TPSA) is 131 Å².